The second-order valence-electron chi connectivity index (χ2n) is 3.62. The molecule has 0 saturated carbocycles. The highest BCUT2D eigenvalue weighted by atomic mass is 35.5. The van der Waals surface area contributed by atoms with Crippen LogP contribution in [-0.4, -0.2) is 11.6 Å². The summed E-state index contributed by atoms with van der Waals surface area (Å²) in [5, 5.41) is 0.641. The average molecular weight is 233 g/mol. The monoisotopic (exact) mass is 232 g/mol. The van der Waals surface area contributed by atoms with Gasteiger partial charge in [0.15, 0.2) is 11.6 Å². The third-order valence-corrected chi connectivity index (χ3v) is 2.68. The molecule has 2 nitrogen and oxygen atoms in total. The second-order valence-corrected chi connectivity index (χ2v) is 4.06. The molecule has 1 aliphatic rings. The summed E-state index contributed by atoms with van der Waals surface area (Å²) < 4.78 is 0. The molecule has 0 aromatic heterocycles. The quantitative estimate of drug-likeness (QED) is 0.551. The van der Waals surface area contributed by atoms with E-state index in [4.69, 9.17) is 11.6 Å². The summed E-state index contributed by atoms with van der Waals surface area (Å²) in [6, 6.07) is 5.33. The molecule has 0 N–H and O–H groups in total. The van der Waals surface area contributed by atoms with Crippen LogP contribution in [-0.2, 0) is 9.59 Å². The largest absolute Gasteiger partial charge is 0.289 e. The van der Waals surface area contributed by atoms with E-state index in [1.165, 1.54) is 12.2 Å². The van der Waals surface area contributed by atoms with Gasteiger partial charge in [0.2, 0.25) is 0 Å². The summed E-state index contributed by atoms with van der Waals surface area (Å²) in [5.41, 5.74) is 1.99. The number of aryl methyl sites for hydroxylation is 1. The maximum absolute atomic E-state index is 11.4. The number of carbonyl (C=O) groups excluding carboxylic acids is 2. The lowest BCUT2D eigenvalue weighted by atomic mass is 10.0. The molecule has 0 atom stereocenters. The molecule has 3 heteroatoms. The van der Waals surface area contributed by atoms with Crippen LogP contribution < -0.4 is 0 Å². The van der Waals surface area contributed by atoms with E-state index in [0.29, 0.717) is 5.02 Å². The molecule has 0 spiro atoms. The van der Waals surface area contributed by atoms with Crippen LogP contribution in [0.25, 0.3) is 6.08 Å². The van der Waals surface area contributed by atoms with Crippen LogP contribution >= 0.6 is 11.6 Å². The molecule has 0 heterocycles. The van der Waals surface area contributed by atoms with Gasteiger partial charge in [-0.3, -0.25) is 9.59 Å². The maximum atomic E-state index is 11.4. The Bertz CT molecular complexity index is 519. The zero-order chi connectivity index (χ0) is 11.7. The van der Waals surface area contributed by atoms with E-state index in [0.717, 1.165) is 11.1 Å². The van der Waals surface area contributed by atoms with E-state index in [2.05, 4.69) is 0 Å². The Hall–Kier alpha value is -1.67. The van der Waals surface area contributed by atoms with Crippen LogP contribution in [0.4, 0.5) is 0 Å². The highest BCUT2D eigenvalue weighted by Gasteiger charge is 2.19. The summed E-state index contributed by atoms with van der Waals surface area (Å²) in [7, 11) is 0. The van der Waals surface area contributed by atoms with Gasteiger partial charge >= 0.3 is 0 Å². The molecule has 0 saturated heterocycles. The molecule has 0 fully saturated rings. The Labute approximate surface area is 98.2 Å². The number of allylic oxidation sites excluding steroid dienone is 3. The van der Waals surface area contributed by atoms with Crippen molar-refractivity contribution in [3.63, 3.8) is 0 Å². The van der Waals surface area contributed by atoms with Crippen molar-refractivity contribution in [2.45, 2.75) is 6.92 Å². The first-order valence-electron chi connectivity index (χ1n) is 4.82. The molecule has 0 amide bonds. The molecule has 1 aromatic rings. The third kappa shape index (κ3) is 1.97. The van der Waals surface area contributed by atoms with E-state index < -0.39 is 0 Å². The van der Waals surface area contributed by atoms with Gasteiger partial charge in [-0.15, -0.1) is 0 Å². The fourth-order valence-electron chi connectivity index (χ4n) is 1.55. The molecule has 1 aromatic carbocycles. The van der Waals surface area contributed by atoms with Crippen LogP contribution in [0, 0.1) is 6.92 Å². The normalized spacial score (nSPS) is 14.8. The van der Waals surface area contributed by atoms with E-state index >= 15 is 0 Å². The SMILES string of the molecule is Cc1cc(Cl)ccc1C=C1C(=O)C=CC1=O. The summed E-state index contributed by atoms with van der Waals surface area (Å²) in [5.74, 6) is -0.473. The first-order valence-corrected chi connectivity index (χ1v) is 5.20. The smallest absolute Gasteiger partial charge is 0.189 e. The minimum atomic E-state index is -0.237. The minimum absolute atomic E-state index is 0.213. The second kappa shape index (κ2) is 4.06. The molecule has 80 valence electrons. The number of hydrogen-bond acceptors (Lipinski definition) is 2. The minimum Gasteiger partial charge on any atom is -0.289 e. The lowest BCUT2D eigenvalue weighted by Gasteiger charge is -2.01. The third-order valence-electron chi connectivity index (χ3n) is 2.45. The number of hydrogen-bond donors (Lipinski definition) is 0. The van der Waals surface area contributed by atoms with E-state index in [-0.39, 0.29) is 17.1 Å². The Morgan fingerprint density at radius 1 is 1.12 bits per heavy atom. The number of rotatable bonds is 1. The molecule has 2 rings (SSSR count). The highest BCUT2D eigenvalue weighted by Crippen LogP contribution is 2.20. The fraction of sp³-hybridized carbons (Fsp3) is 0.0769. The van der Waals surface area contributed by atoms with Gasteiger partial charge < -0.3 is 0 Å². The summed E-state index contributed by atoms with van der Waals surface area (Å²) in [6.45, 7) is 1.88. The molecule has 0 bridgehead atoms. The standard InChI is InChI=1S/C13H9ClO2/c1-8-6-10(14)3-2-9(8)7-11-12(15)4-5-13(11)16/h2-7H,1H3. The molecular formula is C13H9ClO2. The number of benzene rings is 1. The van der Waals surface area contributed by atoms with Crippen LogP contribution in [0.5, 0.6) is 0 Å². The molecular weight excluding hydrogens is 224 g/mol. The van der Waals surface area contributed by atoms with Gasteiger partial charge in [0.1, 0.15) is 0 Å². The lowest BCUT2D eigenvalue weighted by Crippen LogP contribution is -2.00. The summed E-state index contributed by atoms with van der Waals surface area (Å²) >= 11 is 5.82. The predicted molar refractivity (Wildman–Crippen MR) is 63.3 cm³/mol. The van der Waals surface area contributed by atoms with Crippen LogP contribution in [0.1, 0.15) is 11.1 Å². The van der Waals surface area contributed by atoms with Crippen LogP contribution in [0.2, 0.25) is 5.02 Å². The Morgan fingerprint density at radius 2 is 1.75 bits per heavy atom. The van der Waals surface area contributed by atoms with Crippen molar-refractivity contribution in [2.75, 3.05) is 0 Å². The Balaban J connectivity index is 2.44. The zero-order valence-electron chi connectivity index (χ0n) is 8.66. The topological polar surface area (TPSA) is 34.1 Å². The van der Waals surface area contributed by atoms with Gasteiger partial charge in [0.05, 0.1) is 5.57 Å². The Morgan fingerprint density at radius 3 is 2.31 bits per heavy atom. The van der Waals surface area contributed by atoms with Crippen molar-refractivity contribution in [1.82, 2.24) is 0 Å². The first-order chi connectivity index (χ1) is 7.58. The molecule has 1 aliphatic carbocycles. The maximum Gasteiger partial charge on any atom is 0.189 e. The zero-order valence-corrected chi connectivity index (χ0v) is 9.41. The van der Waals surface area contributed by atoms with Gasteiger partial charge in [-0.25, -0.2) is 0 Å². The van der Waals surface area contributed by atoms with Crippen molar-refractivity contribution >= 4 is 29.2 Å². The van der Waals surface area contributed by atoms with Crippen LogP contribution in [0.3, 0.4) is 0 Å². The Kier molecular flexibility index (Phi) is 2.75. The molecule has 0 unspecified atom stereocenters. The van der Waals surface area contributed by atoms with Crippen molar-refractivity contribution < 1.29 is 9.59 Å². The van der Waals surface area contributed by atoms with E-state index in [1.54, 1.807) is 24.3 Å². The van der Waals surface area contributed by atoms with Crippen molar-refractivity contribution in [3.8, 4) is 0 Å². The number of carbonyl (C=O) groups is 2. The first kappa shape index (κ1) is 10.8. The predicted octanol–water partition coefficient (Wildman–Crippen LogP) is 2.74. The van der Waals surface area contributed by atoms with Crippen molar-refractivity contribution in [2.24, 2.45) is 0 Å². The average Bonchev–Trinajstić information content (AvgIpc) is 2.53. The molecule has 0 aliphatic heterocycles. The number of ketones is 2. The van der Waals surface area contributed by atoms with Gasteiger partial charge in [0.25, 0.3) is 0 Å². The van der Waals surface area contributed by atoms with Gasteiger partial charge in [-0.1, -0.05) is 17.7 Å². The lowest BCUT2D eigenvalue weighted by molar-refractivity contribution is -0.115. The number of halogens is 1. The van der Waals surface area contributed by atoms with E-state index in [9.17, 15) is 9.59 Å². The van der Waals surface area contributed by atoms with E-state index in [1.807, 2.05) is 6.92 Å². The highest BCUT2D eigenvalue weighted by molar-refractivity contribution is 6.35. The summed E-state index contributed by atoms with van der Waals surface area (Å²) in [6.07, 6.45) is 4.19. The van der Waals surface area contributed by atoms with Gasteiger partial charge in [-0.05, 0) is 48.4 Å². The van der Waals surface area contributed by atoms with Crippen molar-refractivity contribution in [3.05, 3.63) is 52.1 Å². The van der Waals surface area contributed by atoms with Gasteiger partial charge in [-0.2, -0.15) is 0 Å². The molecule has 0 radical (unpaired) electrons. The summed E-state index contributed by atoms with van der Waals surface area (Å²) in [4.78, 5) is 22.7. The van der Waals surface area contributed by atoms with Gasteiger partial charge in [0, 0.05) is 5.02 Å². The fourth-order valence-corrected chi connectivity index (χ4v) is 1.78. The molecule has 16 heavy (non-hydrogen) atoms. The van der Waals surface area contributed by atoms with Crippen molar-refractivity contribution in [1.29, 1.82) is 0 Å². The van der Waals surface area contributed by atoms with Crippen LogP contribution in [0.15, 0.2) is 35.9 Å².